The molecule has 1 aromatic heterocycles. The molecule has 8 nitrogen and oxygen atoms in total. The lowest BCUT2D eigenvalue weighted by Crippen LogP contribution is -2.29. The van der Waals surface area contributed by atoms with Crippen molar-refractivity contribution in [3.05, 3.63) is 81.8 Å². The predicted molar refractivity (Wildman–Crippen MR) is 134 cm³/mol. The molecular formula is C25H22ClN3O5S. The van der Waals surface area contributed by atoms with Gasteiger partial charge in [0.1, 0.15) is 17.4 Å². The number of ketones is 1. The van der Waals surface area contributed by atoms with Crippen LogP contribution in [-0.2, 0) is 9.59 Å². The monoisotopic (exact) mass is 511 g/mol. The molecule has 4 rings (SSSR count). The van der Waals surface area contributed by atoms with E-state index in [-0.39, 0.29) is 23.1 Å². The van der Waals surface area contributed by atoms with E-state index in [1.807, 2.05) is 6.92 Å². The number of ether oxygens (including phenoxy) is 2. The number of anilines is 1. The van der Waals surface area contributed by atoms with Gasteiger partial charge in [0.25, 0.3) is 5.78 Å². The molecule has 1 amide bonds. The number of halogens is 1. The summed E-state index contributed by atoms with van der Waals surface area (Å²) >= 11 is 7.15. The Labute approximate surface area is 211 Å². The minimum atomic E-state index is -0.967. The van der Waals surface area contributed by atoms with E-state index in [9.17, 15) is 14.7 Å². The molecule has 1 N–H and O–H groups in total. The zero-order valence-electron chi connectivity index (χ0n) is 19.0. The van der Waals surface area contributed by atoms with Gasteiger partial charge in [-0.15, -0.1) is 10.2 Å². The fourth-order valence-electron chi connectivity index (χ4n) is 3.72. The van der Waals surface area contributed by atoms with Gasteiger partial charge in [-0.1, -0.05) is 41.7 Å². The lowest BCUT2D eigenvalue weighted by molar-refractivity contribution is -0.132. The Morgan fingerprint density at radius 2 is 1.91 bits per heavy atom. The molecule has 1 atom stereocenters. The second kappa shape index (κ2) is 10.3. The first-order valence-electron chi connectivity index (χ1n) is 10.7. The average Bonchev–Trinajstić information content (AvgIpc) is 3.39. The Kier molecular flexibility index (Phi) is 7.18. The fraction of sp³-hybridized carbons (Fsp3) is 0.200. The molecule has 1 unspecified atom stereocenters. The minimum Gasteiger partial charge on any atom is -0.507 e. The predicted octanol–water partition coefficient (Wildman–Crippen LogP) is 5.09. The summed E-state index contributed by atoms with van der Waals surface area (Å²) in [5.41, 5.74) is 0.802. The molecule has 1 aliphatic heterocycles. The Morgan fingerprint density at radius 3 is 2.54 bits per heavy atom. The van der Waals surface area contributed by atoms with Crippen molar-refractivity contribution >= 4 is 45.5 Å². The van der Waals surface area contributed by atoms with Crippen LogP contribution in [0.1, 0.15) is 29.1 Å². The van der Waals surface area contributed by atoms with E-state index in [4.69, 9.17) is 21.1 Å². The molecule has 0 saturated carbocycles. The van der Waals surface area contributed by atoms with Crippen LogP contribution in [0, 0.1) is 6.92 Å². The van der Waals surface area contributed by atoms with Crippen LogP contribution < -0.4 is 14.4 Å². The van der Waals surface area contributed by atoms with Gasteiger partial charge in [0, 0.05) is 10.6 Å². The lowest BCUT2D eigenvalue weighted by atomic mass is 9.95. The summed E-state index contributed by atoms with van der Waals surface area (Å²) in [6, 6.07) is 10.5. The highest BCUT2D eigenvalue weighted by molar-refractivity contribution is 7.15. The van der Waals surface area contributed by atoms with Crippen LogP contribution in [0.3, 0.4) is 0 Å². The molecule has 2 aromatic carbocycles. The maximum atomic E-state index is 13.2. The molecule has 1 aliphatic rings. The van der Waals surface area contributed by atoms with Crippen LogP contribution in [0.15, 0.2) is 60.7 Å². The van der Waals surface area contributed by atoms with Crippen molar-refractivity contribution in [2.24, 2.45) is 0 Å². The SMILES string of the molecule is C=CCOc1ccc(C2C(=C(O)c3ccc(Cl)cc3)C(=O)C(=O)N2c2nnc(C)s2)cc1OCC. The van der Waals surface area contributed by atoms with Crippen LogP contribution in [0.2, 0.25) is 5.02 Å². The number of benzene rings is 2. The molecule has 35 heavy (non-hydrogen) atoms. The first-order valence-corrected chi connectivity index (χ1v) is 11.9. The van der Waals surface area contributed by atoms with Gasteiger partial charge in [-0.2, -0.15) is 0 Å². The van der Waals surface area contributed by atoms with Crippen LogP contribution in [0.5, 0.6) is 11.5 Å². The number of aliphatic hydroxyl groups excluding tert-OH is 1. The Hall–Kier alpha value is -3.69. The minimum absolute atomic E-state index is 0.0765. The second-order valence-corrected chi connectivity index (χ2v) is 9.12. The molecular weight excluding hydrogens is 490 g/mol. The molecule has 0 bridgehead atoms. The summed E-state index contributed by atoms with van der Waals surface area (Å²) < 4.78 is 11.4. The first kappa shape index (κ1) is 24.4. The van der Waals surface area contributed by atoms with Gasteiger partial charge in [0.2, 0.25) is 5.13 Å². The number of hydrogen-bond donors (Lipinski definition) is 1. The number of amides is 1. The summed E-state index contributed by atoms with van der Waals surface area (Å²) in [5, 5.41) is 20.6. The number of aromatic nitrogens is 2. The summed E-state index contributed by atoms with van der Waals surface area (Å²) in [6.45, 7) is 7.89. The highest BCUT2D eigenvalue weighted by Gasteiger charge is 2.48. The summed E-state index contributed by atoms with van der Waals surface area (Å²) in [7, 11) is 0. The standard InChI is InChI=1S/C25H22ClN3O5S/c1-4-12-34-18-11-8-16(13-19(18)33-5-2)21-20(22(30)15-6-9-17(26)10-7-15)23(31)24(32)29(21)25-28-27-14(3)35-25/h4,6-11,13,21,30H,1,5,12H2,2-3H3. The zero-order valence-corrected chi connectivity index (χ0v) is 20.6. The van der Waals surface area contributed by atoms with Gasteiger partial charge in [-0.3, -0.25) is 14.5 Å². The van der Waals surface area contributed by atoms with Crippen molar-refractivity contribution in [2.45, 2.75) is 19.9 Å². The number of nitrogens with zero attached hydrogens (tertiary/aromatic N) is 3. The van der Waals surface area contributed by atoms with E-state index in [2.05, 4.69) is 16.8 Å². The molecule has 0 radical (unpaired) electrons. The highest BCUT2D eigenvalue weighted by Crippen LogP contribution is 2.44. The Balaban J connectivity index is 1.92. The van der Waals surface area contributed by atoms with Crippen molar-refractivity contribution in [1.29, 1.82) is 0 Å². The third-order valence-corrected chi connectivity index (χ3v) is 6.31. The molecule has 2 heterocycles. The molecule has 10 heteroatoms. The molecule has 3 aromatic rings. The fourth-order valence-corrected chi connectivity index (χ4v) is 4.56. The largest absolute Gasteiger partial charge is 0.507 e. The third-order valence-electron chi connectivity index (χ3n) is 5.22. The van der Waals surface area contributed by atoms with Gasteiger partial charge in [-0.05, 0) is 55.8 Å². The van der Waals surface area contributed by atoms with Crippen molar-refractivity contribution in [1.82, 2.24) is 10.2 Å². The van der Waals surface area contributed by atoms with Gasteiger partial charge < -0.3 is 14.6 Å². The van der Waals surface area contributed by atoms with Gasteiger partial charge >= 0.3 is 5.91 Å². The van der Waals surface area contributed by atoms with E-state index in [1.54, 1.807) is 55.5 Å². The second-order valence-electron chi connectivity index (χ2n) is 7.52. The zero-order chi connectivity index (χ0) is 25.1. The van der Waals surface area contributed by atoms with Crippen LogP contribution in [-0.4, -0.2) is 40.2 Å². The van der Waals surface area contributed by atoms with E-state index < -0.39 is 17.7 Å². The van der Waals surface area contributed by atoms with Gasteiger partial charge in [0.15, 0.2) is 11.5 Å². The lowest BCUT2D eigenvalue weighted by Gasteiger charge is -2.23. The summed E-state index contributed by atoms with van der Waals surface area (Å²) in [4.78, 5) is 27.7. The van der Waals surface area contributed by atoms with Crippen molar-refractivity contribution in [3.8, 4) is 11.5 Å². The van der Waals surface area contributed by atoms with Crippen molar-refractivity contribution in [2.75, 3.05) is 18.1 Å². The number of carbonyl (C=O) groups is 2. The maximum absolute atomic E-state index is 13.2. The Bertz CT molecular complexity index is 1320. The number of aliphatic hydroxyl groups is 1. The van der Waals surface area contributed by atoms with Crippen LogP contribution in [0.4, 0.5) is 5.13 Å². The van der Waals surface area contributed by atoms with Crippen molar-refractivity contribution in [3.63, 3.8) is 0 Å². The number of aryl methyl sites for hydroxylation is 1. The van der Waals surface area contributed by atoms with E-state index in [1.165, 1.54) is 16.2 Å². The molecule has 180 valence electrons. The maximum Gasteiger partial charge on any atom is 0.301 e. The molecule has 1 saturated heterocycles. The van der Waals surface area contributed by atoms with Crippen molar-refractivity contribution < 1.29 is 24.2 Å². The quantitative estimate of drug-likeness (QED) is 0.194. The smallest absolute Gasteiger partial charge is 0.301 e. The number of rotatable bonds is 8. The highest BCUT2D eigenvalue weighted by atomic mass is 35.5. The van der Waals surface area contributed by atoms with E-state index in [0.717, 1.165) is 0 Å². The average molecular weight is 512 g/mol. The molecule has 1 fully saturated rings. The molecule has 0 aliphatic carbocycles. The van der Waals surface area contributed by atoms with Crippen LogP contribution in [0.25, 0.3) is 5.76 Å². The molecule has 0 spiro atoms. The third kappa shape index (κ3) is 4.78. The van der Waals surface area contributed by atoms with Gasteiger partial charge in [0.05, 0.1) is 18.2 Å². The Morgan fingerprint density at radius 1 is 1.17 bits per heavy atom. The van der Waals surface area contributed by atoms with E-state index in [0.29, 0.717) is 39.3 Å². The topological polar surface area (TPSA) is 102 Å². The first-order chi connectivity index (χ1) is 16.8. The number of hydrogen-bond acceptors (Lipinski definition) is 8. The number of carbonyl (C=O) groups excluding carboxylic acids is 2. The number of Topliss-reactive ketones (excluding diaryl/α,β-unsaturated/α-hetero) is 1. The summed E-state index contributed by atoms with van der Waals surface area (Å²) in [6.07, 6.45) is 1.61. The van der Waals surface area contributed by atoms with Crippen LogP contribution >= 0.6 is 22.9 Å². The normalized spacial score (nSPS) is 17.0. The summed E-state index contributed by atoms with van der Waals surface area (Å²) in [5.74, 6) is -1.06. The van der Waals surface area contributed by atoms with E-state index >= 15 is 0 Å². The van der Waals surface area contributed by atoms with Gasteiger partial charge in [-0.25, -0.2) is 0 Å².